The fourth-order valence-corrected chi connectivity index (χ4v) is 2.00. The molecule has 0 aliphatic rings. The maximum atomic E-state index is 4.11. The van der Waals surface area contributed by atoms with Crippen molar-refractivity contribution in [2.75, 3.05) is 0 Å². The fourth-order valence-electron chi connectivity index (χ4n) is 1.75. The Morgan fingerprint density at radius 1 is 1.33 bits per heavy atom. The highest BCUT2D eigenvalue weighted by atomic mass is 31.0. The Bertz CT molecular complexity index is 209. The summed E-state index contributed by atoms with van der Waals surface area (Å²) >= 11 is 0. The van der Waals surface area contributed by atoms with Gasteiger partial charge in [0.2, 0.25) is 0 Å². The molecular formula is C13H28NP. The van der Waals surface area contributed by atoms with Crippen molar-refractivity contribution >= 4 is 9.39 Å². The third kappa shape index (κ3) is 4.25. The standard InChI is InChI=1S/C13H28NP/c1-8-11(4)9-12(5)13(6,7)14(15)10(2)3/h10,12H,4,8-9,15H2,1-3,5-7H3. The average molecular weight is 229 g/mol. The van der Waals surface area contributed by atoms with E-state index in [0.29, 0.717) is 12.0 Å². The van der Waals surface area contributed by atoms with Crippen LogP contribution in [0.5, 0.6) is 0 Å². The van der Waals surface area contributed by atoms with Crippen LogP contribution in [0.2, 0.25) is 0 Å². The molecule has 90 valence electrons. The Morgan fingerprint density at radius 2 is 1.80 bits per heavy atom. The molecule has 0 N–H and O–H groups in total. The molecule has 2 atom stereocenters. The Hall–Kier alpha value is 0.130. The third-order valence-corrected chi connectivity index (χ3v) is 4.78. The van der Waals surface area contributed by atoms with Crippen molar-refractivity contribution < 1.29 is 0 Å². The minimum atomic E-state index is 0.205. The van der Waals surface area contributed by atoms with Gasteiger partial charge in [0.1, 0.15) is 0 Å². The first kappa shape index (κ1) is 15.1. The zero-order valence-corrected chi connectivity index (χ0v) is 12.5. The molecule has 0 rings (SSSR count). The molecule has 0 saturated heterocycles. The molecule has 0 aliphatic carbocycles. The van der Waals surface area contributed by atoms with Crippen molar-refractivity contribution in [1.29, 1.82) is 0 Å². The van der Waals surface area contributed by atoms with Gasteiger partial charge in [0, 0.05) is 11.6 Å². The van der Waals surface area contributed by atoms with Crippen LogP contribution in [0, 0.1) is 5.92 Å². The molecular weight excluding hydrogens is 201 g/mol. The van der Waals surface area contributed by atoms with Crippen molar-refractivity contribution in [1.82, 2.24) is 4.67 Å². The summed E-state index contributed by atoms with van der Waals surface area (Å²) in [5.41, 5.74) is 1.56. The molecule has 0 radical (unpaired) electrons. The van der Waals surface area contributed by atoms with E-state index in [-0.39, 0.29) is 5.54 Å². The van der Waals surface area contributed by atoms with Gasteiger partial charge < -0.3 is 0 Å². The molecule has 2 unspecified atom stereocenters. The normalized spacial score (nSPS) is 14.7. The molecule has 0 bridgehead atoms. The Labute approximate surface area is 98.6 Å². The first-order chi connectivity index (χ1) is 6.73. The summed E-state index contributed by atoms with van der Waals surface area (Å²) in [6.45, 7) is 17.7. The third-order valence-electron chi connectivity index (χ3n) is 3.52. The quantitative estimate of drug-likeness (QED) is 0.486. The average Bonchev–Trinajstić information content (AvgIpc) is 2.15. The van der Waals surface area contributed by atoms with Gasteiger partial charge in [0.25, 0.3) is 0 Å². The van der Waals surface area contributed by atoms with E-state index < -0.39 is 0 Å². The van der Waals surface area contributed by atoms with Gasteiger partial charge in [0.15, 0.2) is 0 Å². The van der Waals surface area contributed by atoms with Gasteiger partial charge in [-0.25, -0.2) is 0 Å². The van der Waals surface area contributed by atoms with Crippen LogP contribution in [0.3, 0.4) is 0 Å². The van der Waals surface area contributed by atoms with Crippen LogP contribution >= 0.6 is 9.39 Å². The Morgan fingerprint density at radius 3 is 2.13 bits per heavy atom. The van der Waals surface area contributed by atoms with E-state index in [1.165, 1.54) is 5.57 Å². The van der Waals surface area contributed by atoms with E-state index in [0.717, 1.165) is 12.8 Å². The van der Waals surface area contributed by atoms with Gasteiger partial charge in [-0.2, -0.15) is 0 Å². The highest BCUT2D eigenvalue weighted by Crippen LogP contribution is 2.33. The monoisotopic (exact) mass is 229 g/mol. The summed E-state index contributed by atoms with van der Waals surface area (Å²) < 4.78 is 2.38. The number of allylic oxidation sites excluding steroid dienone is 1. The Balaban J connectivity index is 4.50. The lowest BCUT2D eigenvalue weighted by Crippen LogP contribution is -2.46. The molecule has 0 saturated carbocycles. The molecule has 0 amide bonds. The predicted octanol–water partition coefficient (Wildman–Crippen LogP) is 4.26. The van der Waals surface area contributed by atoms with Crippen LogP contribution in [0.1, 0.15) is 54.4 Å². The summed E-state index contributed by atoms with van der Waals surface area (Å²) in [5.74, 6) is 0.629. The van der Waals surface area contributed by atoms with E-state index in [4.69, 9.17) is 0 Å². The highest BCUT2D eigenvalue weighted by molar-refractivity contribution is 7.13. The smallest absolute Gasteiger partial charge is 0.0216 e. The summed E-state index contributed by atoms with van der Waals surface area (Å²) in [6, 6.07) is 0.558. The lowest BCUT2D eigenvalue weighted by atomic mass is 9.83. The summed E-state index contributed by atoms with van der Waals surface area (Å²) in [7, 11) is 2.87. The van der Waals surface area contributed by atoms with Gasteiger partial charge in [-0.1, -0.05) is 35.4 Å². The molecule has 15 heavy (non-hydrogen) atoms. The molecule has 2 heteroatoms. The maximum absolute atomic E-state index is 4.11. The summed E-state index contributed by atoms with van der Waals surface area (Å²) in [4.78, 5) is 0. The SMILES string of the molecule is C=C(CC)CC(C)C(C)(C)N(P)C(C)C. The number of hydrogen-bond acceptors (Lipinski definition) is 1. The van der Waals surface area contributed by atoms with Gasteiger partial charge in [-0.05, 0) is 46.5 Å². The van der Waals surface area contributed by atoms with Crippen molar-refractivity contribution in [3.05, 3.63) is 12.2 Å². The van der Waals surface area contributed by atoms with E-state index in [1.54, 1.807) is 0 Å². The first-order valence-corrected chi connectivity index (χ1v) is 6.45. The molecule has 0 aliphatic heterocycles. The molecule has 0 fully saturated rings. The van der Waals surface area contributed by atoms with Crippen molar-refractivity contribution in [3.8, 4) is 0 Å². The van der Waals surface area contributed by atoms with Crippen molar-refractivity contribution in [2.45, 2.75) is 66.0 Å². The second-order valence-corrected chi connectivity index (χ2v) is 5.92. The van der Waals surface area contributed by atoms with E-state index in [2.05, 4.69) is 62.2 Å². The lowest BCUT2D eigenvalue weighted by molar-refractivity contribution is 0.139. The Kier molecular flexibility index (Phi) is 6.06. The topological polar surface area (TPSA) is 3.24 Å². The van der Waals surface area contributed by atoms with Gasteiger partial charge >= 0.3 is 0 Å². The second-order valence-electron chi connectivity index (χ2n) is 5.36. The van der Waals surface area contributed by atoms with Gasteiger partial charge in [0.05, 0.1) is 0 Å². The van der Waals surface area contributed by atoms with Crippen LogP contribution in [-0.2, 0) is 0 Å². The van der Waals surface area contributed by atoms with Crippen LogP contribution in [0.4, 0.5) is 0 Å². The maximum Gasteiger partial charge on any atom is 0.0216 e. The number of hydrogen-bond donors (Lipinski definition) is 0. The molecule has 0 aromatic carbocycles. The van der Waals surface area contributed by atoms with E-state index in [1.807, 2.05) is 0 Å². The van der Waals surface area contributed by atoms with Crippen LogP contribution < -0.4 is 0 Å². The van der Waals surface area contributed by atoms with E-state index >= 15 is 0 Å². The highest BCUT2D eigenvalue weighted by Gasteiger charge is 2.31. The second kappa shape index (κ2) is 6.01. The zero-order valence-electron chi connectivity index (χ0n) is 11.3. The van der Waals surface area contributed by atoms with Crippen LogP contribution in [0.25, 0.3) is 0 Å². The molecule has 1 nitrogen and oxygen atoms in total. The lowest BCUT2D eigenvalue weighted by Gasteiger charge is -2.43. The summed E-state index contributed by atoms with van der Waals surface area (Å²) in [5, 5.41) is 0. The molecule has 0 spiro atoms. The van der Waals surface area contributed by atoms with Crippen LogP contribution in [0.15, 0.2) is 12.2 Å². The first-order valence-electron chi connectivity index (χ1n) is 5.94. The minimum absolute atomic E-state index is 0.205. The number of nitrogens with zero attached hydrogens (tertiary/aromatic N) is 1. The van der Waals surface area contributed by atoms with Crippen molar-refractivity contribution in [3.63, 3.8) is 0 Å². The van der Waals surface area contributed by atoms with Crippen molar-refractivity contribution in [2.24, 2.45) is 5.92 Å². The van der Waals surface area contributed by atoms with Gasteiger partial charge in [-0.3, -0.25) is 4.67 Å². The van der Waals surface area contributed by atoms with E-state index in [9.17, 15) is 0 Å². The fraction of sp³-hybridized carbons (Fsp3) is 0.846. The minimum Gasteiger partial charge on any atom is -0.279 e. The zero-order chi connectivity index (χ0) is 12.2. The molecule has 0 heterocycles. The largest absolute Gasteiger partial charge is 0.279 e. The summed E-state index contributed by atoms with van der Waals surface area (Å²) in [6.07, 6.45) is 2.22. The van der Waals surface area contributed by atoms with Gasteiger partial charge in [-0.15, -0.1) is 0 Å². The number of rotatable bonds is 6. The van der Waals surface area contributed by atoms with Crippen LogP contribution in [-0.4, -0.2) is 16.3 Å². The predicted molar refractivity (Wildman–Crippen MR) is 74.0 cm³/mol. The molecule has 0 aromatic heterocycles. The molecule has 0 aromatic rings.